The predicted molar refractivity (Wildman–Crippen MR) is 82.2 cm³/mol. The Balaban J connectivity index is 2.07. The fourth-order valence-electron chi connectivity index (χ4n) is 2.08. The molecule has 0 aliphatic heterocycles. The molecule has 0 radical (unpaired) electrons. The topological polar surface area (TPSA) is 84.2 Å². The molecule has 0 saturated heterocycles. The van der Waals surface area contributed by atoms with Crippen molar-refractivity contribution in [2.45, 2.75) is 20.8 Å². The van der Waals surface area contributed by atoms with Gasteiger partial charge in [-0.3, -0.25) is 9.59 Å². The lowest BCUT2D eigenvalue weighted by molar-refractivity contribution is -0.140. The number of aromatic nitrogens is 2. The van der Waals surface area contributed by atoms with Gasteiger partial charge in [-0.1, -0.05) is 6.92 Å². The lowest BCUT2D eigenvalue weighted by Crippen LogP contribution is -2.31. The fraction of sp³-hybridized carbons (Fsp3) is 0.312. The maximum atomic E-state index is 12.0. The molecule has 0 fully saturated rings. The molecule has 0 aliphatic carbocycles. The third-order valence-corrected chi connectivity index (χ3v) is 3.37. The second-order valence-electron chi connectivity index (χ2n) is 5.34. The minimum absolute atomic E-state index is 0.105. The number of aryl methyl sites for hydroxylation is 2. The van der Waals surface area contributed by atoms with Crippen LogP contribution in [0.3, 0.4) is 0 Å². The number of carbonyl (C=O) groups excluding carboxylic acids is 1. The summed E-state index contributed by atoms with van der Waals surface area (Å²) in [5.41, 5.74) is 3.32. The maximum absolute atomic E-state index is 12.0. The van der Waals surface area contributed by atoms with Crippen LogP contribution in [-0.2, 0) is 4.79 Å². The van der Waals surface area contributed by atoms with Crippen LogP contribution in [0.5, 0.6) is 0 Å². The molecule has 1 heterocycles. The van der Waals surface area contributed by atoms with Crippen molar-refractivity contribution in [2.75, 3.05) is 6.54 Å². The number of amides is 1. The molecule has 1 atom stereocenters. The van der Waals surface area contributed by atoms with Gasteiger partial charge in [-0.05, 0) is 44.2 Å². The number of aliphatic carboxylic acids is 1. The summed E-state index contributed by atoms with van der Waals surface area (Å²) in [4.78, 5) is 22.7. The average molecular weight is 301 g/mol. The van der Waals surface area contributed by atoms with Crippen molar-refractivity contribution in [2.24, 2.45) is 5.92 Å². The van der Waals surface area contributed by atoms with Gasteiger partial charge in [0.15, 0.2) is 0 Å². The van der Waals surface area contributed by atoms with E-state index in [9.17, 15) is 9.59 Å². The fourth-order valence-corrected chi connectivity index (χ4v) is 2.08. The standard InChI is InChI=1S/C16H19N3O3/c1-10(16(21)22)9-17-15(20)13-4-6-14(7-5-13)19-12(3)8-11(2)18-19/h4-8,10H,9H2,1-3H3,(H,17,20)(H,21,22). The van der Waals surface area contributed by atoms with E-state index >= 15 is 0 Å². The molecule has 0 spiro atoms. The first-order valence-corrected chi connectivity index (χ1v) is 7.03. The minimum Gasteiger partial charge on any atom is -0.481 e. The number of nitrogens with one attached hydrogen (secondary N) is 1. The first-order valence-electron chi connectivity index (χ1n) is 7.03. The summed E-state index contributed by atoms with van der Waals surface area (Å²) in [6, 6.07) is 9.01. The molecule has 2 N–H and O–H groups in total. The van der Waals surface area contributed by atoms with E-state index in [4.69, 9.17) is 5.11 Å². The van der Waals surface area contributed by atoms with Crippen molar-refractivity contribution in [3.63, 3.8) is 0 Å². The monoisotopic (exact) mass is 301 g/mol. The van der Waals surface area contributed by atoms with E-state index in [0.717, 1.165) is 17.1 Å². The van der Waals surface area contributed by atoms with E-state index in [2.05, 4.69) is 10.4 Å². The Morgan fingerprint density at radius 2 is 1.91 bits per heavy atom. The molecule has 6 nitrogen and oxygen atoms in total. The van der Waals surface area contributed by atoms with E-state index in [1.54, 1.807) is 19.1 Å². The van der Waals surface area contributed by atoms with Gasteiger partial charge < -0.3 is 10.4 Å². The Labute approximate surface area is 128 Å². The summed E-state index contributed by atoms with van der Waals surface area (Å²) in [5, 5.41) is 15.8. The summed E-state index contributed by atoms with van der Waals surface area (Å²) < 4.78 is 1.81. The summed E-state index contributed by atoms with van der Waals surface area (Å²) in [5.74, 6) is -1.83. The second kappa shape index (κ2) is 6.43. The molecule has 6 heteroatoms. The molecule has 1 aromatic carbocycles. The molecule has 0 saturated carbocycles. The highest BCUT2D eigenvalue weighted by Gasteiger charge is 2.13. The second-order valence-corrected chi connectivity index (χ2v) is 5.34. The molecule has 0 bridgehead atoms. The van der Waals surface area contributed by atoms with Gasteiger partial charge in [-0.25, -0.2) is 4.68 Å². The van der Waals surface area contributed by atoms with Crippen molar-refractivity contribution in [3.8, 4) is 5.69 Å². The Hall–Kier alpha value is -2.63. The molecule has 116 valence electrons. The van der Waals surface area contributed by atoms with Crippen LogP contribution in [-0.4, -0.2) is 33.3 Å². The van der Waals surface area contributed by atoms with E-state index in [1.165, 1.54) is 0 Å². The number of hydrogen-bond donors (Lipinski definition) is 2. The molecule has 1 aromatic heterocycles. The normalized spacial score (nSPS) is 12.0. The van der Waals surface area contributed by atoms with Crippen molar-refractivity contribution < 1.29 is 14.7 Å². The molecular formula is C16H19N3O3. The maximum Gasteiger partial charge on any atom is 0.308 e. The number of carboxylic acids is 1. The molecule has 22 heavy (non-hydrogen) atoms. The third kappa shape index (κ3) is 3.52. The Kier molecular flexibility index (Phi) is 4.60. The number of rotatable bonds is 5. The van der Waals surface area contributed by atoms with Gasteiger partial charge in [0.1, 0.15) is 0 Å². The van der Waals surface area contributed by atoms with Crippen LogP contribution >= 0.6 is 0 Å². The Bertz CT molecular complexity index is 689. The quantitative estimate of drug-likeness (QED) is 0.884. The lowest BCUT2D eigenvalue weighted by Gasteiger charge is -2.09. The lowest BCUT2D eigenvalue weighted by atomic mass is 10.1. The molecule has 2 aromatic rings. The number of carboxylic acid groups (broad SMARTS) is 1. The molecule has 0 aliphatic rings. The average Bonchev–Trinajstić information content (AvgIpc) is 2.83. The summed E-state index contributed by atoms with van der Waals surface area (Å²) in [6.45, 7) is 5.55. The zero-order valence-electron chi connectivity index (χ0n) is 12.8. The molecule has 1 amide bonds. The van der Waals surface area contributed by atoms with Crippen LogP contribution in [0.2, 0.25) is 0 Å². The number of nitrogens with zero attached hydrogens (tertiary/aromatic N) is 2. The van der Waals surface area contributed by atoms with E-state index in [1.807, 2.05) is 36.7 Å². The SMILES string of the molecule is Cc1cc(C)n(-c2ccc(C(=O)NCC(C)C(=O)O)cc2)n1. The first-order chi connectivity index (χ1) is 10.4. The largest absolute Gasteiger partial charge is 0.481 e. The van der Waals surface area contributed by atoms with Crippen LogP contribution in [0.25, 0.3) is 5.69 Å². The summed E-state index contributed by atoms with van der Waals surface area (Å²) in [6.07, 6.45) is 0. The summed E-state index contributed by atoms with van der Waals surface area (Å²) in [7, 11) is 0. The van der Waals surface area contributed by atoms with Crippen LogP contribution in [0.15, 0.2) is 30.3 Å². The zero-order chi connectivity index (χ0) is 16.3. The van der Waals surface area contributed by atoms with Crippen LogP contribution < -0.4 is 5.32 Å². The highest BCUT2D eigenvalue weighted by molar-refractivity contribution is 5.94. The van der Waals surface area contributed by atoms with E-state index < -0.39 is 11.9 Å². The van der Waals surface area contributed by atoms with Crippen LogP contribution in [0, 0.1) is 19.8 Å². The van der Waals surface area contributed by atoms with E-state index in [-0.39, 0.29) is 12.5 Å². The van der Waals surface area contributed by atoms with Crippen molar-refractivity contribution >= 4 is 11.9 Å². The van der Waals surface area contributed by atoms with E-state index in [0.29, 0.717) is 5.56 Å². The number of hydrogen-bond acceptors (Lipinski definition) is 3. The van der Waals surface area contributed by atoms with Gasteiger partial charge in [0.25, 0.3) is 5.91 Å². The van der Waals surface area contributed by atoms with Crippen LogP contribution in [0.4, 0.5) is 0 Å². The van der Waals surface area contributed by atoms with Crippen LogP contribution in [0.1, 0.15) is 28.7 Å². The van der Waals surface area contributed by atoms with Gasteiger partial charge in [0.2, 0.25) is 0 Å². The van der Waals surface area contributed by atoms with Gasteiger partial charge >= 0.3 is 5.97 Å². The minimum atomic E-state index is -0.930. The third-order valence-electron chi connectivity index (χ3n) is 3.37. The number of carbonyl (C=O) groups is 2. The zero-order valence-corrected chi connectivity index (χ0v) is 12.8. The highest BCUT2D eigenvalue weighted by Crippen LogP contribution is 2.13. The predicted octanol–water partition coefficient (Wildman–Crippen LogP) is 1.94. The Morgan fingerprint density at radius 1 is 1.27 bits per heavy atom. The highest BCUT2D eigenvalue weighted by atomic mass is 16.4. The smallest absolute Gasteiger partial charge is 0.308 e. The van der Waals surface area contributed by atoms with Gasteiger partial charge in [-0.2, -0.15) is 5.10 Å². The van der Waals surface area contributed by atoms with Gasteiger partial charge in [0.05, 0.1) is 17.3 Å². The molecule has 1 unspecified atom stereocenters. The summed E-state index contributed by atoms with van der Waals surface area (Å²) >= 11 is 0. The van der Waals surface area contributed by atoms with Crippen molar-refractivity contribution in [1.29, 1.82) is 0 Å². The van der Waals surface area contributed by atoms with Gasteiger partial charge in [-0.15, -0.1) is 0 Å². The van der Waals surface area contributed by atoms with Gasteiger partial charge in [0, 0.05) is 17.8 Å². The van der Waals surface area contributed by atoms with Crippen molar-refractivity contribution in [3.05, 3.63) is 47.3 Å². The van der Waals surface area contributed by atoms with Crippen molar-refractivity contribution in [1.82, 2.24) is 15.1 Å². The molecule has 2 rings (SSSR count). The first kappa shape index (κ1) is 15.8. The number of benzene rings is 1. The Morgan fingerprint density at radius 3 is 2.41 bits per heavy atom. The molecular weight excluding hydrogens is 282 g/mol.